The molecule has 7 heteroatoms. The first kappa shape index (κ1) is 16.2. The van der Waals surface area contributed by atoms with Gasteiger partial charge >= 0.3 is 6.18 Å². The Morgan fingerprint density at radius 1 is 1.12 bits per heavy atom. The second-order valence-electron chi connectivity index (χ2n) is 5.54. The summed E-state index contributed by atoms with van der Waals surface area (Å²) < 4.78 is 39.2. The SMILES string of the molecule is Cc1c(C(C)Nc2nncc3cnccc23)cccc1C(F)(F)F. The number of aromatic nitrogens is 3. The monoisotopic (exact) mass is 332 g/mol. The summed E-state index contributed by atoms with van der Waals surface area (Å²) in [6, 6.07) is 5.62. The summed E-state index contributed by atoms with van der Waals surface area (Å²) in [5.74, 6) is 0.513. The molecule has 24 heavy (non-hydrogen) atoms. The average molecular weight is 332 g/mol. The van der Waals surface area contributed by atoms with Crippen molar-refractivity contribution in [2.75, 3.05) is 5.32 Å². The highest BCUT2D eigenvalue weighted by atomic mass is 19.4. The zero-order valence-corrected chi connectivity index (χ0v) is 13.1. The Balaban J connectivity index is 1.97. The molecule has 0 saturated heterocycles. The maximum absolute atomic E-state index is 13.1. The average Bonchev–Trinajstić information content (AvgIpc) is 2.54. The number of nitrogens with one attached hydrogen (secondary N) is 1. The van der Waals surface area contributed by atoms with Gasteiger partial charge in [0, 0.05) is 23.2 Å². The maximum Gasteiger partial charge on any atom is 0.416 e. The lowest BCUT2D eigenvalue weighted by Gasteiger charge is -2.20. The van der Waals surface area contributed by atoms with Gasteiger partial charge in [0.2, 0.25) is 0 Å². The third kappa shape index (κ3) is 3.02. The summed E-state index contributed by atoms with van der Waals surface area (Å²) >= 11 is 0. The van der Waals surface area contributed by atoms with Crippen LogP contribution in [0.1, 0.15) is 29.7 Å². The molecule has 3 aromatic rings. The van der Waals surface area contributed by atoms with Crippen LogP contribution in [0.4, 0.5) is 19.0 Å². The molecule has 0 aliphatic carbocycles. The number of pyridine rings is 1. The number of alkyl halides is 3. The van der Waals surface area contributed by atoms with E-state index in [2.05, 4.69) is 20.5 Å². The molecular weight excluding hydrogens is 317 g/mol. The lowest BCUT2D eigenvalue weighted by Crippen LogP contribution is -2.14. The van der Waals surface area contributed by atoms with E-state index in [1.54, 1.807) is 37.6 Å². The summed E-state index contributed by atoms with van der Waals surface area (Å²) in [6.45, 7) is 3.28. The van der Waals surface area contributed by atoms with E-state index >= 15 is 0 Å². The second-order valence-corrected chi connectivity index (χ2v) is 5.54. The van der Waals surface area contributed by atoms with E-state index in [1.807, 2.05) is 0 Å². The van der Waals surface area contributed by atoms with Crippen molar-refractivity contribution < 1.29 is 13.2 Å². The number of hydrogen-bond donors (Lipinski definition) is 1. The van der Waals surface area contributed by atoms with Crippen LogP contribution in [0, 0.1) is 6.92 Å². The number of benzene rings is 1. The van der Waals surface area contributed by atoms with Gasteiger partial charge in [-0.2, -0.15) is 18.3 Å². The van der Waals surface area contributed by atoms with E-state index in [4.69, 9.17) is 0 Å². The predicted octanol–water partition coefficient (Wildman–Crippen LogP) is 4.53. The molecule has 1 unspecified atom stereocenters. The lowest BCUT2D eigenvalue weighted by molar-refractivity contribution is -0.138. The highest BCUT2D eigenvalue weighted by Gasteiger charge is 2.33. The van der Waals surface area contributed by atoms with Crippen molar-refractivity contribution in [3.63, 3.8) is 0 Å². The second kappa shape index (κ2) is 6.07. The molecule has 0 amide bonds. The summed E-state index contributed by atoms with van der Waals surface area (Å²) in [5.41, 5.74) is 0.152. The molecule has 2 aromatic heterocycles. The van der Waals surface area contributed by atoms with E-state index in [0.717, 1.165) is 16.8 Å². The van der Waals surface area contributed by atoms with Crippen molar-refractivity contribution in [1.82, 2.24) is 15.2 Å². The molecule has 0 fully saturated rings. The highest BCUT2D eigenvalue weighted by Crippen LogP contribution is 2.35. The Labute approximate surface area is 136 Å². The van der Waals surface area contributed by atoms with Gasteiger partial charge in [0.15, 0.2) is 5.82 Å². The van der Waals surface area contributed by atoms with Crippen LogP contribution in [-0.2, 0) is 6.18 Å². The standard InChI is InChI=1S/C17H15F3N4/c1-10-13(4-3-5-15(10)17(18,19)20)11(2)23-16-14-6-7-21-8-12(14)9-22-24-16/h3-9,11H,1-2H3,(H,23,24). The molecule has 0 aliphatic heterocycles. The Morgan fingerprint density at radius 2 is 1.92 bits per heavy atom. The minimum absolute atomic E-state index is 0.208. The Hall–Kier alpha value is -2.70. The van der Waals surface area contributed by atoms with Crippen LogP contribution in [0.5, 0.6) is 0 Å². The molecular formula is C17H15F3N4. The number of rotatable bonds is 3. The number of fused-ring (bicyclic) bond motifs is 1. The molecule has 1 atom stereocenters. The Bertz CT molecular complexity index is 872. The number of hydrogen-bond acceptors (Lipinski definition) is 4. The summed E-state index contributed by atoms with van der Waals surface area (Å²) in [7, 11) is 0. The number of anilines is 1. The zero-order valence-electron chi connectivity index (χ0n) is 13.1. The van der Waals surface area contributed by atoms with Gasteiger partial charge in [-0.3, -0.25) is 4.98 Å². The molecule has 0 saturated carbocycles. The fourth-order valence-corrected chi connectivity index (χ4v) is 2.75. The van der Waals surface area contributed by atoms with Crippen LogP contribution in [0.15, 0.2) is 42.9 Å². The molecule has 0 bridgehead atoms. The topological polar surface area (TPSA) is 50.7 Å². The molecule has 0 radical (unpaired) electrons. The van der Waals surface area contributed by atoms with Crippen LogP contribution in [0.2, 0.25) is 0 Å². The van der Waals surface area contributed by atoms with E-state index in [-0.39, 0.29) is 11.6 Å². The third-order valence-corrected chi connectivity index (χ3v) is 3.96. The van der Waals surface area contributed by atoms with E-state index < -0.39 is 11.7 Å². The van der Waals surface area contributed by atoms with Gasteiger partial charge in [-0.05, 0) is 37.1 Å². The van der Waals surface area contributed by atoms with Crippen molar-refractivity contribution >= 4 is 16.6 Å². The minimum Gasteiger partial charge on any atom is -0.362 e. The van der Waals surface area contributed by atoms with Gasteiger partial charge < -0.3 is 5.32 Å². The summed E-state index contributed by atoms with van der Waals surface area (Å²) in [6.07, 6.45) is 0.517. The van der Waals surface area contributed by atoms with Crippen LogP contribution >= 0.6 is 0 Å². The smallest absolute Gasteiger partial charge is 0.362 e. The summed E-state index contributed by atoms with van der Waals surface area (Å²) in [5, 5.41) is 12.7. The predicted molar refractivity (Wildman–Crippen MR) is 85.6 cm³/mol. The first-order valence-corrected chi connectivity index (χ1v) is 7.36. The van der Waals surface area contributed by atoms with Crippen molar-refractivity contribution in [1.29, 1.82) is 0 Å². The molecule has 124 valence electrons. The molecule has 4 nitrogen and oxygen atoms in total. The number of nitrogens with zero attached hydrogens (tertiary/aromatic N) is 3. The van der Waals surface area contributed by atoms with Gasteiger partial charge in [-0.15, -0.1) is 5.10 Å². The Morgan fingerprint density at radius 3 is 2.67 bits per heavy atom. The zero-order chi connectivity index (χ0) is 17.3. The fourth-order valence-electron chi connectivity index (χ4n) is 2.75. The molecule has 0 spiro atoms. The van der Waals surface area contributed by atoms with Crippen molar-refractivity contribution in [2.24, 2.45) is 0 Å². The Kier molecular flexibility index (Phi) is 4.09. The fraction of sp³-hybridized carbons (Fsp3) is 0.235. The largest absolute Gasteiger partial charge is 0.416 e. The van der Waals surface area contributed by atoms with Gasteiger partial charge in [-0.1, -0.05) is 12.1 Å². The molecule has 0 aliphatic rings. The lowest BCUT2D eigenvalue weighted by atomic mass is 9.97. The third-order valence-electron chi connectivity index (χ3n) is 3.96. The molecule has 1 aromatic carbocycles. The van der Waals surface area contributed by atoms with Gasteiger partial charge in [0.1, 0.15) is 0 Å². The van der Waals surface area contributed by atoms with Crippen molar-refractivity contribution in [3.8, 4) is 0 Å². The van der Waals surface area contributed by atoms with E-state index in [1.165, 1.54) is 13.0 Å². The van der Waals surface area contributed by atoms with Gasteiger partial charge in [0.05, 0.1) is 17.8 Å². The minimum atomic E-state index is -4.37. The quantitative estimate of drug-likeness (QED) is 0.766. The molecule has 3 rings (SSSR count). The first-order chi connectivity index (χ1) is 11.4. The van der Waals surface area contributed by atoms with Crippen molar-refractivity contribution in [3.05, 3.63) is 59.5 Å². The van der Waals surface area contributed by atoms with Crippen molar-refractivity contribution in [2.45, 2.75) is 26.1 Å². The van der Waals surface area contributed by atoms with Crippen LogP contribution in [0.3, 0.4) is 0 Å². The van der Waals surface area contributed by atoms with Gasteiger partial charge in [-0.25, -0.2) is 0 Å². The van der Waals surface area contributed by atoms with Gasteiger partial charge in [0.25, 0.3) is 0 Å². The summed E-state index contributed by atoms with van der Waals surface area (Å²) in [4.78, 5) is 4.02. The number of halogens is 3. The first-order valence-electron chi connectivity index (χ1n) is 7.36. The van der Waals surface area contributed by atoms with E-state index in [0.29, 0.717) is 11.4 Å². The van der Waals surface area contributed by atoms with E-state index in [9.17, 15) is 13.2 Å². The normalized spacial score (nSPS) is 13.0. The van der Waals surface area contributed by atoms with Crippen LogP contribution < -0.4 is 5.32 Å². The maximum atomic E-state index is 13.1. The highest BCUT2D eigenvalue weighted by molar-refractivity contribution is 5.90. The van der Waals surface area contributed by atoms with Crippen LogP contribution in [-0.4, -0.2) is 15.2 Å². The molecule has 1 N–H and O–H groups in total. The van der Waals surface area contributed by atoms with Crippen LogP contribution in [0.25, 0.3) is 10.8 Å². The molecule has 2 heterocycles.